The Bertz CT molecular complexity index is 441. The second-order valence-electron chi connectivity index (χ2n) is 5.81. The van der Waals surface area contributed by atoms with Crippen molar-refractivity contribution in [2.45, 2.75) is 31.8 Å². The molecular formula is C16H23NO2S. The lowest BCUT2D eigenvalue weighted by molar-refractivity contribution is -0.137. The van der Waals surface area contributed by atoms with Gasteiger partial charge < -0.3 is 10.4 Å². The van der Waals surface area contributed by atoms with Crippen molar-refractivity contribution in [2.24, 2.45) is 5.92 Å². The zero-order valence-corrected chi connectivity index (χ0v) is 13.0. The standard InChI is InChI=1S/C16H23NO2S/c1-12(2)14(13-6-4-3-5-7-13)10-17-15(18)16(19)8-9-20-11-16/h3-7,12,14,19H,8-11H2,1-2H3,(H,17,18). The molecule has 2 N–H and O–H groups in total. The molecule has 1 heterocycles. The maximum Gasteiger partial charge on any atom is 0.252 e. The molecule has 20 heavy (non-hydrogen) atoms. The number of rotatable bonds is 5. The van der Waals surface area contributed by atoms with Gasteiger partial charge in [0, 0.05) is 18.2 Å². The summed E-state index contributed by atoms with van der Waals surface area (Å²) in [6.07, 6.45) is 0.557. The van der Waals surface area contributed by atoms with Gasteiger partial charge in [0.15, 0.2) is 5.60 Å². The summed E-state index contributed by atoms with van der Waals surface area (Å²) in [5.41, 5.74) is 0.0682. The molecule has 0 saturated carbocycles. The van der Waals surface area contributed by atoms with Crippen LogP contribution >= 0.6 is 11.8 Å². The quantitative estimate of drug-likeness (QED) is 0.876. The van der Waals surface area contributed by atoms with Crippen molar-refractivity contribution in [3.05, 3.63) is 35.9 Å². The molecule has 1 aliphatic rings. The van der Waals surface area contributed by atoms with E-state index in [2.05, 4.69) is 31.3 Å². The van der Waals surface area contributed by atoms with E-state index in [4.69, 9.17) is 0 Å². The first-order valence-corrected chi connectivity index (χ1v) is 8.32. The Morgan fingerprint density at radius 2 is 2.10 bits per heavy atom. The lowest BCUT2D eigenvalue weighted by Crippen LogP contribution is -2.48. The fourth-order valence-corrected chi connectivity index (χ4v) is 3.78. The monoisotopic (exact) mass is 293 g/mol. The highest BCUT2D eigenvalue weighted by Crippen LogP contribution is 2.28. The highest BCUT2D eigenvalue weighted by atomic mass is 32.2. The third kappa shape index (κ3) is 3.55. The number of hydrogen-bond donors (Lipinski definition) is 2. The first-order valence-electron chi connectivity index (χ1n) is 7.16. The number of carbonyl (C=O) groups is 1. The number of amides is 1. The maximum atomic E-state index is 12.2. The summed E-state index contributed by atoms with van der Waals surface area (Å²) in [7, 11) is 0. The highest BCUT2D eigenvalue weighted by Gasteiger charge is 2.39. The molecule has 0 aliphatic carbocycles. The van der Waals surface area contributed by atoms with E-state index in [0.717, 1.165) is 5.75 Å². The summed E-state index contributed by atoms with van der Waals surface area (Å²) >= 11 is 1.64. The average molecular weight is 293 g/mol. The van der Waals surface area contributed by atoms with Crippen molar-refractivity contribution < 1.29 is 9.90 Å². The molecule has 1 aliphatic heterocycles. The van der Waals surface area contributed by atoms with E-state index in [1.807, 2.05) is 18.2 Å². The van der Waals surface area contributed by atoms with Crippen LogP contribution in [-0.2, 0) is 4.79 Å². The van der Waals surface area contributed by atoms with Crippen molar-refractivity contribution in [1.29, 1.82) is 0 Å². The van der Waals surface area contributed by atoms with Crippen LogP contribution in [0.5, 0.6) is 0 Å². The summed E-state index contributed by atoms with van der Waals surface area (Å²) in [5, 5.41) is 13.2. The molecule has 1 saturated heterocycles. The third-order valence-electron chi connectivity index (χ3n) is 3.94. The summed E-state index contributed by atoms with van der Waals surface area (Å²) in [6.45, 7) is 4.89. The molecule has 4 heteroatoms. The zero-order valence-electron chi connectivity index (χ0n) is 12.1. The first-order chi connectivity index (χ1) is 9.53. The minimum absolute atomic E-state index is 0.218. The van der Waals surface area contributed by atoms with Crippen molar-refractivity contribution in [3.63, 3.8) is 0 Å². The molecule has 0 spiro atoms. The van der Waals surface area contributed by atoms with Gasteiger partial charge in [-0.1, -0.05) is 44.2 Å². The van der Waals surface area contributed by atoms with Gasteiger partial charge in [0.25, 0.3) is 5.91 Å². The van der Waals surface area contributed by atoms with Crippen molar-refractivity contribution >= 4 is 17.7 Å². The molecule has 1 aromatic carbocycles. The van der Waals surface area contributed by atoms with Gasteiger partial charge >= 0.3 is 0 Å². The van der Waals surface area contributed by atoms with E-state index in [0.29, 0.717) is 24.6 Å². The molecule has 3 nitrogen and oxygen atoms in total. The molecule has 1 fully saturated rings. The van der Waals surface area contributed by atoms with Gasteiger partial charge in [-0.3, -0.25) is 4.79 Å². The topological polar surface area (TPSA) is 49.3 Å². The number of benzene rings is 1. The normalized spacial score (nSPS) is 23.8. The summed E-state index contributed by atoms with van der Waals surface area (Å²) in [4.78, 5) is 12.2. The Hall–Kier alpha value is -1.00. The van der Waals surface area contributed by atoms with Gasteiger partial charge in [0.1, 0.15) is 0 Å². The van der Waals surface area contributed by atoms with Crippen LogP contribution in [-0.4, -0.2) is 34.7 Å². The molecule has 2 atom stereocenters. The summed E-state index contributed by atoms with van der Waals surface area (Å²) < 4.78 is 0. The van der Waals surface area contributed by atoms with Crippen molar-refractivity contribution in [2.75, 3.05) is 18.1 Å². The van der Waals surface area contributed by atoms with Crippen LogP contribution in [0.4, 0.5) is 0 Å². The molecule has 2 unspecified atom stereocenters. The van der Waals surface area contributed by atoms with Crippen molar-refractivity contribution in [1.82, 2.24) is 5.32 Å². The Morgan fingerprint density at radius 3 is 2.65 bits per heavy atom. The maximum absolute atomic E-state index is 12.2. The van der Waals surface area contributed by atoms with Crippen LogP contribution in [0.1, 0.15) is 31.7 Å². The van der Waals surface area contributed by atoms with Gasteiger partial charge in [-0.15, -0.1) is 0 Å². The molecule has 110 valence electrons. The average Bonchev–Trinajstić information content (AvgIpc) is 2.88. The minimum atomic E-state index is -1.16. The molecule has 1 amide bonds. The Morgan fingerprint density at radius 1 is 1.40 bits per heavy atom. The van der Waals surface area contributed by atoms with E-state index in [1.165, 1.54) is 5.56 Å². The van der Waals surface area contributed by atoms with Gasteiger partial charge in [-0.2, -0.15) is 11.8 Å². The zero-order chi connectivity index (χ0) is 14.6. The summed E-state index contributed by atoms with van der Waals surface area (Å²) in [5.74, 6) is 1.86. The van der Waals surface area contributed by atoms with Crippen LogP contribution < -0.4 is 5.32 Å². The van der Waals surface area contributed by atoms with E-state index in [1.54, 1.807) is 11.8 Å². The molecular weight excluding hydrogens is 270 g/mol. The first kappa shape index (κ1) is 15.4. The Kier molecular flexibility index (Phi) is 5.11. The lowest BCUT2D eigenvalue weighted by Gasteiger charge is -2.25. The second-order valence-corrected chi connectivity index (χ2v) is 6.91. The lowest BCUT2D eigenvalue weighted by atomic mass is 9.88. The minimum Gasteiger partial charge on any atom is -0.379 e. The highest BCUT2D eigenvalue weighted by molar-refractivity contribution is 7.99. The Labute approximate surface area is 125 Å². The number of hydrogen-bond acceptors (Lipinski definition) is 3. The molecule has 2 rings (SSSR count). The van der Waals surface area contributed by atoms with Crippen molar-refractivity contribution in [3.8, 4) is 0 Å². The van der Waals surface area contributed by atoms with Crippen LogP contribution in [0, 0.1) is 5.92 Å². The Balaban J connectivity index is 1.98. The fraction of sp³-hybridized carbons (Fsp3) is 0.562. The van der Waals surface area contributed by atoms with E-state index < -0.39 is 5.60 Å². The predicted molar refractivity (Wildman–Crippen MR) is 83.9 cm³/mol. The van der Waals surface area contributed by atoms with E-state index in [9.17, 15) is 9.90 Å². The summed E-state index contributed by atoms with van der Waals surface area (Å²) in [6, 6.07) is 10.2. The van der Waals surface area contributed by atoms with Gasteiger partial charge in [-0.05, 0) is 23.7 Å². The molecule has 0 bridgehead atoms. The van der Waals surface area contributed by atoms with Gasteiger partial charge in [0.2, 0.25) is 0 Å². The number of nitrogens with one attached hydrogen (secondary N) is 1. The smallest absolute Gasteiger partial charge is 0.252 e. The molecule has 0 aromatic heterocycles. The number of thioether (sulfide) groups is 1. The van der Waals surface area contributed by atoms with Crippen LogP contribution in [0.2, 0.25) is 0 Å². The predicted octanol–water partition coefficient (Wildman–Crippen LogP) is 2.41. The van der Waals surface area contributed by atoms with E-state index in [-0.39, 0.29) is 11.8 Å². The second kappa shape index (κ2) is 6.64. The van der Waals surface area contributed by atoms with Crippen LogP contribution in [0.25, 0.3) is 0 Å². The SMILES string of the molecule is CC(C)C(CNC(=O)C1(O)CCSC1)c1ccccc1. The van der Waals surface area contributed by atoms with Crippen LogP contribution in [0.15, 0.2) is 30.3 Å². The largest absolute Gasteiger partial charge is 0.379 e. The fourth-order valence-electron chi connectivity index (χ4n) is 2.54. The molecule has 1 aromatic rings. The third-order valence-corrected chi connectivity index (χ3v) is 5.11. The van der Waals surface area contributed by atoms with E-state index >= 15 is 0 Å². The van der Waals surface area contributed by atoms with Crippen LogP contribution in [0.3, 0.4) is 0 Å². The number of aliphatic hydroxyl groups is 1. The molecule has 0 radical (unpaired) electrons. The van der Waals surface area contributed by atoms with Gasteiger partial charge in [0.05, 0.1) is 0 Å². The van der Waals surface area contributed by atoms with Gasteiger partial charge in [-0.25, -0.2) is 0 Å². The number of carbonyl (C=O) groups excluding carboxylic acids is 1.